The number of hydrogen-bond donors (Lipinski definition) is 2. The van der Waals surface area contributed by atoms with Crippen molar-refractivity contribution in [3.05, 3.63) is 10.7 Å². The highest BCUT2D eigenvalue weighted by atomic mass is 79.9. The van der Waals surface area contributed by atoms with Crippen LogP contribution in [0.5, 0.6) is 0 Å². The molecule has 2 rings (SSSR count). The summed E-state index contributed by atoms with van der Waals surface area (Å²) < 4.78 is 6.07. The SMILES string of the molecule is CC1(CNc2nc(N)cc(Br)n2)CCOCC1. The molecule has 0 radical (unpaired) electrons. The summed E-state index contributed by atoms with van der Waals surface area (Å²) in [4.78, 5) is 8.38. The van der Waals surface area contributed by atoms with E-state index >= 15 is 0 Å². The minimum Gasteiger partial charge on any atom is -0.383 e. The van der Waals surface area contributed by atoms with Crippen LogP contribution in [0.3, 0.4) is 0 Å². The first kappa shape index (κ1) is 12.6. The lowest BCUT2D eigenvalue weighted by Gasteiger charge is -2.33. The van der Waals surface area contributed by atoms with Gasteiger partial charge in [0.2, 0.25) is 5.95 Å². The molecule has 0 aliphatic carbocycles. The van der Waals surface area contributed by atoms with Gasteiger partial charge in [0.1, 0.15) is 10.4 Å². The standard InChI is InChI=1S/C11H17BrN4O/c1-11(2-4-17-5-3-11)7-14-10-15-8(12)6-9(13)16-10/h6H,2-5,7H2,1H3,(H3,13,14,15,16). The van der Waals surface area contributed by atoms with E-state index in [4.69, 9.17) is 10.5 Å². The van der Waals surface area contributed by atoms with Crippen molar-refractivity contribution in [2.75, 3.05) is 30.8 Å². The molecule has 0 spiro atoms. The van der Waals surface area contributed by atoms with Gasteiger partial charge in [0.25, 0.3) is 0 Å². The lowest BCUT2D eigenvalue weighted by atomic mass is 9.82. The van der Waals surface area contributed by atoms with Gasteiger partial charge in [-0.15, -0.1) is 0 Å². The Hall–Kier alpha value is -0.880. The van der Waals surface area contributed by atoms with Gasteiger partial charge in [0.15, 0.2) is 0 Å². The minimum absolute atomic E-state index is 0.249. The Kier molecular flexibility index (Phi) is 3.83. The molecular weight excluding hydrogens is 284 g/mol. The van der Waals surface area contributed by atoms with Crippen LogP contribution < -0.4 is 11.1 Å². The Labute approximate surface area is 109 Å². The predicted octanol–water partition coefficient (Wildman–Crippen LogP) is 2.05. The van der Waals surface area contributed by atoms with Crippen molar-refractivity contribution in [3.8, 4) is 0 Å². The third-order valence-electron chi connectivity index (χ3n) is 3.09. The van der Waals surface area contributed by atoms with Crippen LogP contribution in [-0.2, 0) is 4.74 Å². The van der Waals surface area contributed by atoms with Gasteiger partial charge in [-0.3, -0.25) is 0 Å². The Morgan fingerprint density at radius 3 is 2.82 bits per heavy atom. The fourth-order valence-corrected chi connectivity index (χ4v) is 2.25. The average Bonchev–Trinajstić information content (AvgIpc) is 2.26. The van der Waals surface area contributed by atoms with Gasteiger partial charge in [-0.2, -0.15) is 4.98 Å². The Balaban J connectivity index is 1.96. The lowest BCUT2D eigenvalue weighted by Crippen LogP contribution is -2.33. The van der Waals surface area contributed by atoms with Crippen LogP contribution >= 0.6 is 15.9 Å². The lowest BCUT2D eigenvalue weighted by molar-refractivity contribution is 0.0299. The molecule has 6 heteroatoms. The Bertz CT molecular complexity index is 373. The van der Waals surface area contributed by atoms with Gasteiger partial charge in [-0.05, 0) is 34.2 Å². The number of nitrogens with zero attached hydrogens (tertiary/aromatic N) is 2. The predicted molar refractivity (Wildman–Crippen MR) is 70.8 cm³/mol. The monoisotopic (exact) mass is 300 g/mol. The summed E-state index contributed by atoms with van der Waals surface area (Å²) in [6, 6.07) is 1.68. The number of anilines is 2. The molecule has 1 saturated heterocycles. The normalized spacial score (nSPS) is 18.9. The van der Waals surface area contributed by atoms with Crippen molar-refractivity contribution in [2.45, 2.75) is 19.8 Å². The molecule has 1 aliphatic rings. The molecule has 0 aromatic carbocycles. The minimum atomic E-state index is 0.249. The number of halogens is 1. The van der Waals surface area contributed by atoms with Crippen LogP contribution in [-0.4, -0.2) is 29.7 Å². The quantitative estimate of drug-likeness (QED) is 0.836. The molecule has 1 fully saturated rings. The van der Waals surface area contributed by atoms with Crippen LogP contribution in [0.4, 0.5) is 11.8 Å². The number of rotatable bonds is 3. The van der Waals surface area contributed by atoms with Gasteiger partial charge in [-0.25, -0.2) is 4.98 Å². The molecule has 1 aromatic heterocycles. The second kappa shape index (κ2) is 5.18. The maximum absolute atomic E-state index is 5.66. The molecule has 0 unspecified atom stereocenters. The average molecular weight is 301 g/mol. The highest BCUT2D eigenvalue weighted by Crippen LogP contribution is 2.29. The molecule has 1 aromatic rings. The molecule has 1 aliphatic heterocycles. The zero-order chi connectivity index (χ0) is 12.3. The van der Waals surface area contributed by atoms with Crippen LogP contribution in [0.25, 0.3) is 0 Å². The highest BCUT2D eigenvalue weighted by molar-refractivity contribution is 9.10. The number of aromatic nitrogens is 2. The van der Waals surface area contributed by atoms with Crippen molar-refractivity contribution in [1.82, 2.24) is 9.97 Å². The van der Waals surface area contributed by atoms with E-state index in [1.807, 2.05) is 0 Å². The van der Waals surface area contributed by atoms with Crippen molar-refractivity contribution < 1.29 is 4.74 Å². The molecule has 3 N–H and O–H groups in total. The molecule has 0 atom stereocenters. The first-order valence-electron chi connectivity index (χ1n) is 5.69. The van der Waals surface area contributed by atoms with Crippen LogP contribution in [0, 0.1) is 5.41 Å². The largest absolute Gasteiger partial charge is 0.383 e. The second-order valence-electron chi connectivity index (χ2n) is 4.72. The molecule has 0 amide bonds. The first-order chi connectivity index (χ1) is 8.07. The summed E-state index contributed by atoms with van der Waals surface area (Å²) >= 11 is 3.30. The van der Waals surface area contributed by atoms with Gasteiger partial charge < -0.3 is 15.8 Å². The van der Waals surface area contributed by atoms with Gasteiger partial charge in [0, 0.05) is 25.8 Å². The van der Waals surface area contributed by atoms with Crippen LogP contribution in [0.15, 0.2) is 10.7 Å². The number of ether oxygens (including phenoxy) is 1. The van der Waals surface area contributed by atoms with Gasteiger partial charge >= 0.3 is 0 Å². The van der Waals surface area contributed by atoms with Crippen molar-refractivity contribution in [3.63, 3.8) is 0 Å². The third kappa shape index (κ3) is 3.54. The van der Waals surface area contributed by atoms with Crippen LogP contribution in [0.1, 0.15) is 19.8 Å². The van der Waals surface area contributed by atoms with Crippen molar-refractivity contribution in [2.24, 2.45) is 5.41 Å². The zero-order valence-corrected chi connectivity index (χ0v) is 11.5. The molecule has 94 valence electrons. The van der Waals surface area contributed by atoms with E-state index in [-0.39, 0.29) is 5.41 Å². The smallest absolute Gasteiger partial charge is 0.225 e. The summed E-state index contributed by atoms with van der Waals surface area (Å²) in [5.41, 5.74) is 5.91. The third-order valence-corrected chi connectivity index (χ3v) is 3.49. The molecule has 2 heterocycles. The van der Waals surface area contributed by atoms with E-state index in [0.29, 0.717) is 16.4 Å². The van der Waals surface area contributed by atoms with E-state index in [1.54, 1.807) is 6.07 Å². The summed E-state index contributed by atoms with van der Waals surface area (Å²) in [6.07, 6.45) is 2.12. The highest BCUT2D eigenvalue weighted by Gasteiger charge is 2.27. The molecular formula is C11H17BrN4O. The summed E-state index contributed by atoms with van der Waals surface area (Å²) in [6.45, 7) is 4.76. The van der Waals surface area contributed by atoms with E-state index in [1.165, 1.54) is 0 Å². The summed E-state index contributed by atoms with van der Waals surface area (Å²) in [7, 11) is 0. The maximum atomic E-state index is 5.66. The molecule has 5 nitrogen and oxygen atoms in total. The topological polar surface area (TPSA) is 73.1 Å². The van der Waals surface area contributed by atoms with Crippen molar-refractivity contribution in [1.29, 1.82) is 0 Å². The Morgan fingerprint density at radius 1 is 1.47 bits per heavy atom. The number of hydrogen-bond acceptors (Lipinski definition) is 5. The zero-order valence-electron chi connectivity index (χ0n) is 9.87. The number of nitrogen functional groups attached to an aromatic ring is 1. The first-order valence-corrected chi connectivity index (χ1v) is 6.48. The van der Waals surface area contributed by atoms with E-state index in [2.05, 4.69) is 38.1 Å². The summed E-state index contributed by atoms with van der Waals surface area (Å²) in [5, 5.41) is 3.25. The Morgan fingerprint density at radius 2 is 2.18 bits per heavy atom. The van der Waals surface area contributed by atoms with E-state index in [9.17, 15) is 0 Å². The van der Waals surface area contributed by atoms with Crippen molar-refractivity contribution >= 4 is 27.7 Å². The molecule has 0 bridgehead atoms. The maximum Gasteiger partial charge on any atom is 0.225 e. The fourth-order valence-electron chi connectivity index (χ4n) is 1.85. The number of nitrogens with two attached hydrogens (primary N) is 1. The second-order valence-corrected chi connectivity index (χ2v) is 5.53. The summed E-state index contributed by atoms with van der Waals surface area (Å²) in [5.74, 6) is 1.04. The fraction of sp³-hybridized carbons (Fsp3) is 0.636. The van der Waals surface area contributed by atoms with E-state index in [0.717, 1.165) is 32.6 Å². The number of nitrogens with one attached hydrogen (secondary N) is 1. The van der Waals surface area contributed by atoms with E-state index < -0.39 is 0 Å². The van der Waals surface area contributed by atoms with Crippen LogP contribution in [0.2, 0.25) is 0 Å². The van der Waals surface area contributed by atoms with Gasteiger partial charge in [0.05, 0.1) is 0 Å². The molecule has 17 heavy (non-hydrogen) atoms. The van der Waals surface area contributed by atoms with Gasteiger partial charge in [-0.1, -0.05) is 6.92 Å². The molecule has 0 saturated carbocycles.